The summed E-state index contributed by atoms with van der Waals surface area (Å²) in [7, 11) is 1.76. The largest absolute Gasteiger partial charge is 0.366 e. The van der Waals surface area contributed by atoms with Gasteiger partial charge in [-0.1, -0.05) is 0 Å². The maximum atomic E-state index is 5.21. The topological polar surface area (TPSA) is 56.7 Å². The molecule has 0 spiro atoms. The average Bonchev–Trinajstić information content (AvgIpc) is 1.85. The van der Waals surface area contributed by atoms with Gasteiger partial charge in [-0.3, -0.25) is 0 Å². The molecule has 0 aliphatic carbocycles. The van der Waals surface area contributed by atoms with Gasteiger partial charge in [0.05, 0.1) is 0 Å². The molecule has 0 amide bonds. The zero-order valence-electron chi connectivity index (χ0n) is 4.30. The molecule has 0 aromatic carbocycles. The predicted octanol–water partition coefficient (Wildman–Crippen LogP) is 0.160. The molecule has 4 nitrogen and oxygen atoms in total. The Morgan fingerprint density at radius 1 is 1.75 bits per heavy atom. The van der Waals surface area contributed by atoms with Gasteiger partial charge >= 0.3 is 0 Å². The Labute approximate surface area is 54.8 Å². The molecule has 0 saturated carbocycles. The quantitative estimate of drug-likeness (QED) is 0.613. The molecule has 0 bridgehead atoms. The fourth-order valence-corrected chi connectivity index (χ4v) is 0.645. The number of halogens is 1. The second kappa shape index (κ2) is 1.74. The number of aromatic nitrogens is 3. The van der Waals surface area contributed by atoms with E-state index < -0.39 is 0 Å². The summed E-state index contributed by atoms with van der Waals surface area (Å²) in [5, 5.41) is 3.75. The van der Waals surface area contributed by atoms with E-state index >= 15 is 0 Å². The molecule has 1 aromatic heterocycles. The van der Waals surface area contributed by atoms with Crippen LogP contribution in [-0.4, -0.2) is 14.8 Å². The lowest BCUT2D eigenvalue weighted by Gasteiger charge is -1.82. The highest BCUT2D eigenvalue weighted by molar-refractivity contribution is 9.10. The van der Waals surface area contributed by atoms with Gasteiger partial charge in [0.15, 0.2) is 4.73 Å². The minimum absolute atomic E-state index is 0.291. The molecule has 0 aliphatic heterocycles. The molecule has 1 aromatic rings. The molecular weight excluding hydrogens is 172 g/mol. The number of nitrogen functional groups attached to an aromatic ring is 1. The first kappa shape index (κ1) is 5.55. The van der Waals surface area contributed by atoms with Gasteiger partial charge in [0.1, 0.15) is 0 Å². The third-order valence-electron chi connectivity index (χ3n) is 0.726. The number of aryl methyl sites for hydroxylation is 1. The van der Waals surface area contributed by atoms with Crippen LogP contribution in [0.25, 0.3) is 0 Å². The van der Waals surface area contributed by atoms with Crippen molar-refractivity contribution in [2.75, 3.05) is 5.73 Å². The SMILES string of the molecule is Cn1nc(N)nc1Br. The van der Waals surface area contributed by atoms with Crippen molar-refractivity contribution in [3.63, 3.8) is 0 Å². The van der Waals surface area contributed by atoms with Gasteiger partial charge in [0, 0.05) is 7.05 Å². The van der Waals surface area contributed by atoms with Crippen LogP contribution in [-0.2, 0) is 7.05 Å². The molecule has 0 unspecified atom stereocenters. The third-order valence-corrected chi connectivity index (χ3v) is 1.42. The molecule has 8 heavy (non-hydrogen) atoms. The lowest BCUT2D eigenvalue weighted by molar-refractivity contribution is 0.748. The lowest BCUT2D eigenvalue weighted by atomic mass is 11.1. The van der Waals surface area contributed by atoms with Gasteiger partial charge in [0.25, 0.3) is 0 Å². The van der Waals surface area contributed by atoms with Crippen molar-refractivity contribution in [3.05, 3.63) is 4.73 Å². The zero-order chi connectivity index (χ0) is 6.15. The summed E-state index contributed by atoms with van der Waals surface area (Å²) in [5.41, 5.74) is 5.21. The Hall–Kier alpha value is -0.580. The molecule has 1 rings (SSSR count). The molecule has 2 N–H and O–H groups in total. The Morgan fingerprint density at radius 3 is 2.50 bits per heavy atom. The van der Waals surface area contributed by atoms with E-state index in [1.54, 1.807) is 11.7 Å². The number of hydrogen-bond donors (Lipinski definition) is 1. The zero-order valence-corrected chi connectivity index (χ0v) is 5.88. The van der Waals surface area contributed by atoms with Crippen LogP contribution < -0.4 is 5.73 Å². The van der Waals surface area contributed by atoms with Crippen molar-refractivity contribution in [3.8, 4) is 0 Å². The van der Waals surface area contributed by atoms with Gasteiger partial charge in [-0.2, -0.15) is 4.98 Å². The van der Waals surface area contributed by atoms with Crippen LogP contribution in [0.5, 0.6) is 0 Å². The highest BCUT2D eigenvalue weighted by Gasteiger charge is 1.96. The highest BCUT2D eigenvalue weighted by atomic mass is 79.9. The normalized spacial score (nSPS) is 9.75. The van der Waals surface area contributed by atoms with E-state index in [-0.39, 0.29) is 0 Å². The Balaban J connectivity index is 3.14. The standard InChI is InChI=1S/C3H5BrN4/c1-8-2(4)6-3(5)7-8/h1H3,(H2,5,7). The van der Waals surface area contributed by atoms with Gasteiger partial charge < -0.3 is 5.73 Å². The summed E-state index contributed by atoms with van der Waals surface area (Å²) < 4.78 is 2.20. The highest BCUT2D eigenvalue weighted by Crippen LogP contribution is 2.03. The molecule has 5 heteroatoms. The van der Waals surface area contributed by atoms with Crippen molar-refractivity contribution >= 4 is 21.9 Å². The summed E-state index contributed by atoms with van der Waals surface area (Å²) >= 11 is 3.13. The number of anilines is 1. The van der Waals surface area contributed by atoms with E-state index in [1.165, 1.54) is 0 Å². The van der Waals surface area contributed by atoms with E-state index in [0.717, 1.165) is 0 Å². The fraction of sp³-hybridized carbons (Fsp3) is 0.333. The first-order chi connectivity index (χ1) is 3.70. The number of nitrogens with two attached hydrogens (primary N) is 1. The Morgan fingerprint density at radius 2 is 2.38 bits per heavy atom. The van der Waals surface area contributed by atoms with Crippen molar-refractivity contribution in [1.82, 2.24) is 14.8 Å². The summed E-state index contributed by atoms with van der Waals surface area (Å²) in [6.45, 7) is 0. The molecule has 0 radical (unpaired) electrons. The molecule has 1 heterocycles. The fourth-order valence-electron chi connectivity index (χ4n) is 0.384. The van der Waals surface area contributed by atoms with Crippen LogP contribution in [0.2, 0.25) is 0 Å². The van der Waals surface area contributed by atoms with E-state index in [0.29, 0.717) is 10.7 Å². The summed E-state index contributed by atoms with van der Waals surface area (Å²) in [6, 6.07) is 0. The van der Waals surface area contributed by atoms with Crippen LogP contribution in [0.4, 0.5) is 5.95 Å². The average molecular weight is 177 g/mol. The first-order valence-electron chi connectivity index (χ1n) is 2.02. The van der Waals surface area contributed by atoms with Crippen molar-refractivity contribution in [1.29, 1.82) is 0 Å². The maximum Gasteiger partial charge on any atom is 0.240 e. The molecule has 44 valence electrons. The minimum Gasteiger partial charge on any atom is -0.366 e. The minimum atomic E-state index is 0.291. The molecule has 0 saturated heterocycles. The van der Waals surface area contributed by atoms with E-state index in [1.807, 2.05) is 0 Å². The van der Waals surface area contributed by atoms with Gasteiger partial charge in [-0.15, -0.1) is 5.10 Å². The van der Waals surface area contributed by atoms with E-state index in [9.17, 15) is 0 Å². The number of nitrogens with zero attached hydrogens (tertiary/aromatic N) is 3. The smallest absolute Gasteiger partial charge is 0.240 e. The van der Waals surface area contributed by atoms with Crippen LogP contribution in [0, 0.1) is 0 Å². The van der Waals surface area contributed by atoms with Crippen LogP contribution in [0.3, 0.4) is 0 Å². The molecular formula is C3H5BrN4. The molecule has 0 aliphatic rings. The van der Waals surface area contributed by atoms with Crippen LogP contribution >= 0.6 is 15.9 Å². The van der Waals surface area contributed by atoms with Gasteiger partial charge in [-0.25, -0.2) is 4.68 Å². The van der Waals surface area contributed by atoms with Crippen molar-refractivity contribution in [2.24, 2.45) is 7.05 Å². The Bertz CT molecular complexity index is 174. The maximum absolute atomic E-state index is 5.21. The lowest BCUT2D eigenvalue weighted by Crippen LogP contribution is -1.91. The summed E-state index contributed by atoms with van der Waals surface area (Å²) in [6.07, 6.45) is 0. The second-order valence-corrected chi connectivity index (χ2v) is 2.07. The van der Waals surface area contributed by atoms with Crippen LogP contribution in [0.15, 0.2) is 4.73 Å². The van der Waals surface area contributed by atoms with Crippen molar-refractivity contribution < 1.29 is 0 Å². The van der Waals surface area contributed by atoms with Gasteiger partial charge in [-0.05, 0) is 15.9 Å². The van der Waals surface area contributed by atoms with E-state index in [2.05, 4.69) is 26.0 Å². The molecule has 0 atom stereocenters. The van der Waals surface area contributed by atoms with E-state index in [4.69, 9.17) is 5.73 Å². The summed E-state index contributed by atoms with van der Waals surface area (Å²) in [5.74, 6) is 0.291. The Kier molecular flexibility index (Phi) is 1.21. The number of rotatable bonds is 0. The van der Waals surface area contributed by atoms with Crippen molar-refractivity contribution in [2.45, 2.75) is 0 Å². The monoisotopic (exact) mass is 176 g/mol. The molecule has 0 fully saturated rings. The number of hydrogen-bond acceptors (Lipinski definition) is 3. The first-order valence-corrected chi connectivity index (χ1v) is 2.81. The predicted molar refractivity (Wildman–Crippen MR) is 33.1 cm³/mol. The van der Waals surface area contributed by atoms with Gasteiger partial charge in [0.2, 0.25) is 5.95 Å². The third kappa shape index (κ3) is 0.812. The second-order valence-electron chi connectivity index (χ2n) is 1.36. The van der Waals surface area contributed by atoms with Crippen LogP contribution in [0.1, 0.15) is 0 Å². The summed E-state index contributed by atoms with van der Waals surface area (Å²) in [4.78, 5) is 3.76.